The first kappa shape index (κ1) is 26.7. The van der Waals surface area contributed by atoms with Crippen LogP contribution >= 0.6 is 11.6 Å². The van der Waals surface area contributed by atoms with Gasteiger partial charge in [0.1, 0.15) is 11.0 Å². The molecule has 36 heavy (non-hydrogen) atoms. The van der Waals surface area contributed by atoms with Crippen molar-refractivity contribution in [3.05, 3.63) is 34.9 Å². The summed E-state index contributed by atoms with van der Waals surface area (Å²) in [7, 11) is 0. The third kappa shape index (κ3) is 3.97. The molecule has 3 fully saturated rings. The number of nitrogens with zero attached hydrogens (tertiary/aromatic N) is 1. The molecule has 2 heterocycles. The van der Waals surface area contributed by atoms with Crippen molar-refractivity contribution in [1.82, 2.24) is 10.2 Å². The van der Waals surface area contributed by atoms with Crippen LogP contribution in [0.25, 0.3) is 0 Å². The molecule has 4 N–H and O–H groups in total. The Labute approximate surface area is 217 Å². The van der Waals surface area contributed by atoms with E-state index in [-0.39, 0.29) is 11.8 Å². The molecular weight excluding hydrogens is 482 g/mol. The number of hydrogen-bond acceptors (Lipinski definition) is 5. The molecule has 2 aliphatic heterocycles. The van der Waals surface area contributed by atoms with E-state index < -0.39 is 40.0 Å². The second-order valence-electron chi connectivity index (χ2n) is 11.7. The number of nitrogens with two attached hydrogens (primary N) is 1. The van der Waals surface area contributed by atoms with Crippen LogP contribution in [0.2, 0.25) is 5.02 Å². The summed E-state index contributed by atoms with van der Waals surface area (Å²) in [5, 5.41) is 15.0. The van der Waals surface area contributed by atoms with Crippen LogP contribution in [-0.2, 0) is 19.9 Å². The summed E-state index contributed by atoms with van der Waals surface area (Å²) in [5.41, 5.74) is 2.65. The number of amides is 3. The largest absolute Gasteiger partial charge is 0.442 e. The van der Waals surface area contributed by atoms with Crippen LogP contribution in [0.5, 0.6) is 0 Å². The molecule has 0 aromatic heterocycles. The molecule has 2 unspecified atom stereocenters. The molecule has 3 aliphatic rings. The highest BCUT2D eigenvalue weighted by Gasteiger charge is 2.68. The van der Waals surface area contributed by atoms with Crippen molar-refractivity contribution in [2.24, 2.45) is 28.4 Å². The molecule has 0 radical (unpaired) electrons. The molecule has 1 aromatic carbocycles. The first-order valence-corrected chi connectivity index (χ1v) is 13.2. The Hall–Kier alpha value is -2.32. The van der Waals surface area contributed by atoms with Gasteiger partial charge in [0.15, 0.2) is 0 Å². The fourth-order valence-corrected chi connectivity index (χ4v) is 7.32. The molecule has 4 atom stereocenters. The number of primary amides is 1. The fraction of sp³-hybridized carbons (Fsp3) is 0.667. The Morgan fingerprint density at radius 1 is 1.14 bits per heavy atom. The van der Waals surface area contributed by atoms with Crippen molar-refractivity contribution in [3.8, 4) is 0 Å². The predicted molar refractivity (Wildman–Crippen MR) is 136 cm³/mol. The minimum atomic E-state index is -1.29. The summed E-state index contributed by atoms with van der Waals surface area (Å²) < 4.78 is 5.85. The second kappa shape index (κ2) is 9.21. The normalized spacial score (nSPS) is 32.8. The molecule has 1 saturated carbocycles. The average Bonchev–Trinajstić information content (AvgIpc) is 3.14. The van der Waals surface area contributed by atoms with Crippen LogP contribution in [0.1, 0.15) is 65.4 Å². The van der Waals surface area contributed by atoms with Crippen LogP contribution in [0, 0.1) is 22.7 Å². The zero-order valence-corrected chi connectivity index (χ0v) is 22.4. The van der Waals surface area contributed by atoms with Gasteiger partial charge in [-0.3, -0.25) is 9.59 Å². The van der Waals surface area contributed by atoms with Gasteiger partial charge in [-0.25, -0.2) is 4.79 Å². The number of carbonyl (C=O) groups excluding carboxylic acids is 3. The number of likely N-dealkylation sites (tertiary alicyclic amines) is 1. The third-order valence-electron chi connectivity index (χ3n) is 9.04. The topological polar surface area (TPSA) is 122 Å². The maximum Gasteiger partial charge on any atom is 0.407 e. The van der Waals surface area contributed by atoms with Crippen molar-refractivity contribution in [2.75, 3.05) is 19.6 Å². The molecule has 1 spiro atoms. The highest BCUT2D eigenvalue weighted by atomic mass is 35.5. The fourth-order valence-electron chi connectivity index (χ4n) is 7.20. The first-order valence-electron chi connectivity index (χ1n) is 12.8. The lowest BCUT2D eigenvalue weighted by atomic mass is 9.59. The lowest BCUT2D eigenvalue weighted by Crippen LogP contribution is -2.66. The molecular formula is C27H38ClN3O5. The van der Waals surface area contributed by atoms with Gasteiger partial charge in [-0.15, -0.1) is 0 Å². The molecule has 198 valence electrons. The summed E-state index contributed by atoms with van der Waals surface area (Å²) >= 11 is 6.06. The monoisotopic (exact) mass is 519 g/mol. The summed E-state index contributed by atoms with van der Waals surface area (Å²) in [4.78, 5) is 41.6. The van der Waals surface area contributed by atoms with Crippen LogP contribution < -0.4 is 11.1 Å². The second-order valence-corrected chi connectivity index (χ2v) is 12.2. The van der Waals surface area contributed by atoms with E-state index in [2.05, 4.69) is 5.32 Å². The van der Waals surface area contributed by atoms with Crippen LogP contribution in [0.3, 0.4) is 0 Å². The zero-order chi connectivity index (χ0) is 26.5. The van der Waals surface area contributed by atoms with E-state index >= 15 is 0 Å². The Balaban J connectivity index is 1.68. The Morgan fingerprint density at radius 2 is 1.81 bits per heavy atom. The Morgan fingerprint density at radius 3 is 2.36 bits per heavy atom. The quantitative estimate of drug-likeness (QED) is 0.549. The van der Waals surface area contributed by atoms with E-state index in [0.29, 0.717) is 56.8 Å². The lowest BCUT2D eigenvalue weighted by Gasteiger charge is -2.54. The minimum Gasteiger partial charge on any atom is -0.442 e. The maximum atomic E-state index is 14.3. The van der Waals surface area contributed by atoms with Gasteiger partial charge in [-0.2, -0.15) is 0 Å². The highest BCUT2D eigenvalue weighted by Crippen LogP contribution is 2.58. The summed E-state index contributed by atoms with van der Waals surface area (Å²) in [6.07, 6.45) is 1.74. The maximum absolute atomic E-state index is 14.3. The number of benzene rings is 1. The molecule has 1 aliphatic carbocycles. The number of rotatable bonds is 5. The number of piperidine rings is 1. The molecule has 3 amide bonds. The van der Waals surface area contributed by atoms with Crippen molar-refractivity contribution >= 4 is 29.5 Å². The molecule has 2 saturated heterocycles. The van der Waals surface area contributed by atoms with Gasteiger partial charge in [-0.1, -0.05) is 51.4 Å². The van der Waals surface area contributed by atoms with Crippen molar-refractivity contribution in [3.63, 3.8) is 0 Å². The zero-order valence-electron chi connectivity index (χ0n) is 21.6. The molecule has 4 rings (SSSR count). The average molecular weight is 520 g/mol. The lowest BCUT2D eigenvalue weighted by molar-refractivity contribution is -0.179. The van der Waals surface area contributed by atoms with Gasteiger partial charge in [-0.05, 0) is 49.3 Å². The van der Waals surface area contributed by atoms with Gasteiger partial charge in [0.2, 0.25) is 11.8 Å². The van der Waals surface area contributed by atoms with E-state index in [1.54, 1.807) is 17.0 Å². The minimum absolute atomic E-state index is 0.175. The van der Waals surface area contributed by atoms with Gasteiger partial charge >= 0.3 is 6.09 Å². The Bertz CT molecular complexity index is 1040. The van der Waals surface area contributed by atoms with Crippen LogP contribution in [-0.4, -0.2) is 53.1 Å². The summed E-state index contributed by atoms with van der Waals surface area (Å²) in [6, 6.07) is 7.17. The van der Waals surface area contributed by atoms with Gasteiger partial charge in [0.25, 0.3) is 0 Å². The van der Waals surface area contributed by atoms with Crippen molar-refractivity contribution in [2.45, 2.75) is 71.0 Å². The standard InChI is InChI=1S/C27H38ClN3O5/c1-17(2)20(26(22(29)33)11-5-10-25(26)12-14-30-23(34)36-25)21(32)31-15-13-27(35,24(3,4)16-31)18-6-8-19(28)9-7-18/h6-9,17,20,35H,5,10-16H2,1-4H3,(H2,29,33)(H,30,34)/t20-,25?,26?,27-/m0/s1. The first-order chi connectivity index (χ1) is 16.8. The molecule has 0 bridgehead atoms. The number of nitrogens with one attached hydrogen (secondary N) is 1. The number of carbonyl (C=O) groups is 3. The smallest absolute Gasteiger partial charge is 0.407 e. The molecule has 8 nitrogen and oxygen atoms in total. The number of halogens is 1. The van der Waals surface area contributed by atoms with E-state index in [9.17, 15) is 19.5 Å². The van der Waals surface area contributed by atoms with Gasteiger partial charge < -0.3 is 25.8 Å². The van der Waals surface area contributed by atoms with E-state index in [1.165, 1.54) is 0 Å². The van der Waals surface area contributed by atoms with Gasteiger partial charge in [0.05, 0.1) is 11.5 Å². The highest BCUT2D eigenvalue weighted by molar-refractivity contribution is 6.30. The van der Waals surface area contributed by atoms with Crippen molar-refractivity contribution < 1.29 is 24.2 Å². The van der Waals surface area contributed by atoms with Crippen LogP contribution in [0.15, 0.2) is 24.3 Å². The number of hydrogen-bond donors (Lipinski definition) is 3. The molecule has 9 heteroatoms. The molecule has 1 aromatic rings. The third-order valence-corrected chi connectivity index (χ3v) is 9.29. The summed E-state index contributed by atoms with van der Waals surface area (Å²) in [6.45, 7) is 8.73. The van der Waals surface area contributed by atoms with Crippen molar-refractivity contribution in [1.29, 1.82) is 0 Å². The predicted octanol–water partition coefficient (Wildman–Crippen LogP) is 3.58. The van der Waals surface area contributed by atoms with Crippen LogP contribution in [0.4, 0.5) is 4.79 Å². The van der Waals surface area contributed by atoms with E-state index in [4.69, 9.17) is 22.1 Å². The van der Waals surface area contributed by atoms with Gasteiger partial charge in [0, 0.05) is 36.5 Å². The summed E-state index contributed by atoms with van der Waals surface area (Å²) in [5.74, 6) is -1.73. The SMILES string of the molecule is CC(C)[C@@H](C(=O)N1CC[C@](O)(c2ccc(Cl)cc2)C(C)(C)C1)C1(C(N)=O)CCCC12CCNC(=O)O2. The number of ether oxygens (including phenoxy) is 1. The van der Waals surface area contributed by atoms with E-state index in [1.807, 2.05) is 39.8 Å². The number of aliphatic hydroxyl groups is 1. The van der Waals surface area contributed by atoms with E-state index in [0.717, 1.165) is 5.56 Å². The Kier molecular flexibility index (Phi) is 6.84. The number of alkyl carbamates (subject to hydrolysis) is 1.